The van der Waals surface area contributed by atoms with E-state index < -0.39 is 156 Å². The van der Waals surface area contributed by atoms with E-state index in [9.17, 15) is 64.0 Å². The average Bonchev–Trinajstić information content (AvgIpc) is 3.27. The maximum Gasteiger partial charge on any atom is 0.397 e. The quantitative estimate of drug-likeness (QED) is 0.0777. The van der Waals surface area contributed by atoms with E-state index in [-0.39, 0.29) is 40.9 Å². The molecular weight excluding hydrogens is 945 g/mol. The SMILES string of the molecule is CC1OC(OC2C(CO)OC(OCC3OC(OC(=O)C45CCC(C)(C)CC4C4=CCC6C7(C)CCC(OS(=O)(=O)O)C(C)(C)C7CCC6(C)C4(C)CC5O)C(O)C(O)C3O)C(O)C2O)C(O)C(O)C1O. The van der Waals surface area contributed by atoms with Gasteiger partial charge in [0.05, 0.1) is 31.5 Å². The fourth-order valence-corrected chi connectivity index (χ4v) is 15.8. The predicted octanol–water partition coefficient (Wildman–Crippen LogP) is -0.0340. The number of allylic oxidation sites excluding steroid dienone is 2. The number of hydrogen-bond acceptors (Lipinski definition) is 20. The lowest BCUT2D eigenvalue weighted by Gasteiger charge is -2.71. The molecule has 0 aromatic carbocycles. The maximum atomic E-state index is 15.0. The molecular formula is C48H78O21S. The third-order valence-electron chi connectivity index (χ3n) is 19.5. The molecule has 24 unspecified atom stereocenters. The number of carbonyl (C=O) groups excluding carboxylic acids is 1. The minimum atomic E-state index is -4.67. The van der Waals surface area contributed by atoms with Crippen LogP contribution in [0.15, 0.2) is 11.6 Å². The first-order valence-corrected chi connectivity index (χ1v) is 26.3. The second-order valence-electron chi connectivity index (χ2n) is 24.1. The zero-order valence-corrected chi connectivity index (χ0v) is 42.1. The largest absolute Gasteiger partial charge is 0.432 e. The standard InChI is InChI=1S/C48H78O21S/c1-21-30(51)32(53)35(56)40(64-21)67-38-24(19-49)65-39(37(58)34(38)55)63-20-25-31(52)33(54)36(57)41(66-25)68-42(59)48-16-15-43(2,3)17-23(48)22-9-10-27-45(6)13-12-29(69-70(60,61)62)44(4,5)26(45)11-14-46(27,7)47(22,8)18-28(48)50/h9,21,23-41,49-58H,10-20H2,1-8H3,(H,60,61,62). The van der Waals surface area contributed by atoms with Gasteiger partial charge in [-0.05, 0) is 110 Å². The van der Waals surface area contributed by atoms with Crippen LogP contribution in [-0.2, 0) is 47.8 Å². The van der Waals surface area contributed by atoms with Crippen LogP contribution >= 0.6 is 0 Å². The van der Waals surface area contributed by atoms with E-state index in [1.54, 1.807) is 0 Å². The van der Waals surface area contributed by atoms with Gasteiger partial charge in [0.25, 0.3) is 0 Å². The summed E-state index contributed by atoms with van der Waals surface area (Å²) in [4.78, 5) is 15.0. The molecule has 0 radical (unpaired) electrons. The molecule has 0 bridgehead atoms. The monoisotopic (exact) mass is 1020 g/mol. The Morgan fingerprint density at radius 2 is 1.34 bits per heavy atom. The van der Waals surface area contributed by atoms with Gasteiger partial charge in [-0.1, -0.05) is 60.1 Å². The van der Waals surface area contributed by atoms with Crippen LogP contribution in [0.3, 0.4) is 0 Å². The second kappa shape index (κ2) is 18.9. The highest BCUT2D eigenvalue weighted by Gasteiger charge is 2.72. The molecule has 0 spiro atoms. The van der Waals surface area contributed by atoms with Crippen molar-refractivity contribution in [2.24, 2.45) is 50.2 Å². The number of esters is 1. The summed E-state index contributed by atoms with van der Waals surface area (Å²) in [6, 6.07) is 0. The second-order valence-corrected chi connectivity index (χ2v) is 25.1. The highest BCUT2D eigenvalue weighted by Crippen LogP contribution is 2.76. The third kappa shape index (κ3) is 8.85. The molecule has 70 heavy (non-hydrogen) atoms. The molecule has 3 aliphatic heterocycles. The summed E-state index contributed by atoms with van der Waals surface area (Å²) in [5.74, 6) is -1.16. The summed E-state index contributed by atoms with van der Waals surface area (Å²) in [6.07, 6.45) is -19.8. The van der Waals surface area contributed by atoms with Gasteiger partial charge in [-0.2, -0.15) is 8.42 Å². The van der Waals surface area contributed by atoms with Crippen LogP contribution < -0.4 is 0 Å². The number of fused-ring (bicyclic) bond motifs is 7. The molecule has 8 aliphatic rings. The molecule has 402 valence electrons. The van der Waals surface area contributed by atoms with Gasteiger partial charge in [-0.15, -0.1) is 0 Å². The number of aliphatic hydroxyl groups excluding tert-OH is 10. The van der Waals surface area contributed by atoms with Crippen molar-refractivity contribution in [3.63, 3.8) is 0 Å². The Balaban J connectivity index is 0.993. The van der Waals surface area contributed by atoms with Crippen molar-refractivity contribution in [2.75, 3.05) is 13.2 Å². The lowest BCUT2D eigenvalue weighted by atomic mass is 9.33. The lowest BCUT2D eigenvalue weighted by molar-refractivity contribution is -0.361. The van der Waals surface area contributed by atoms with Crippen molar-refractivity contribution in [1.29, 1.82) is 0 Å². The van der Waals surface area contributed by atoms with E-state index in [0.717, 1.165) is 18.4 Å². The van der Waals surface area contributed by atoms with Crippen LogP contribution in [0.5, 0.6) is 0 Å². The van der Waals surface area contributed by atoms with Crippen molar-refractivity contribution in [2.45, 2.75) is 218 Å². The normalized spacial score (nSPS) is 52.2. The zero-order valence-electron chi connectivity index (χ0n) is 41.3. The van der Waals surface area contributed by atoms with E-state index in [4.69, 9.17) is 32.6 Å². The Kier molecular flexibility index (Phi) is 14.8. The molecule has 21 nitrogen and oxygen atoms in total. The number of rotatable bonds is 10. The van der Waals surface area contributed by atoms with Crippen LogP contribution in [0.4, 0.5) is 0 Å². The summed E-state index contributed by atoms with van der Waals surface area (Å²) >= 11 is 0. The predicted molar refractivity (Wildman–Crippen MR) is 241 cm³/mol. The van der Waals surface area contributed by atoms with Gasteiger partial charge in [0.1, 0.15) is 72.6 Å². The summed E-state index contributed by atoms with van der Waals surface area (Å²) < 4.78 is 73.3. The van der Waals surface area contributed by atoms with Gasteiger partial charge in [0, 0.05) is 0 Å². The molecule has 24 atom stereocenters. The van der Waals surface area contributed by atoms with Crippen LogP contribution in [-0.4, -0.2) is 188 Å². The molecule has 7 fully saturated rings. The minimum Gasteiger partial charge on any atom is -0.432 e. The summed E-state index contributed by atoms with van der Waals surface area (Å²) in [5, 5.41) is 109. The van der Waals surface area contributed by atoms with Crippen molar-refractivity contribution in [1.82, 2.24) is 0 Å². The summed E-state index contributed by atoms with van der Waals surface area (Å²) in [7, 11) is -4.67. The van der Waals surface area contributed by atoms with Crippen molar-refractivity contribution in [3.05, 3.63) is 11.6 Å². The smallest absolute Gasteiger partial charge is 0.397 e. The van der Waals surface area contributed by atoms with Crippen LogP contribution in [0.2, 0.25) is 0 Å². The van der Waals surface area contributed by atoms with Gasteiger partial charge in [0.2, 0.25) is 6.29 Å². The highest BCUT2D eigenvalue weighted by molar-refractivity contribution is 7.80. The molecule has 22 heteroatoms. The number of carbonyl (C=O) groups is 1. The number of hydrogen-bond donors (Lipinski definition) is 11. The molecule has 4 saturated carbocycles. The van der Waals surface area contributed by atoms with E-state index in [1.807, 2.05) is 13.8 Å². The molecule has 3 heterocycles. The van der Waals surface area contributed by atoms with Gasteiger partial charge in [0.15, 0.2) is 12.6 Å². The summed E-state index contributed by atoms with van der Waals surface area (Å²) in [5.41, 5.74) is -2.46. The Bertz CT molecular complexity index is 2070. The molecule has 0 aromatic heterocycles. The molecule has 5 aliphatic carbocycles. The lowest BCUT2D eigenvalue weighted by Crippen LogP contribution is -2.68. The van der Waals surface area contributed by atoms with E-state index in [2.05, 4.69) is 40.7 Å². The molecule has 8 rings (SSSR count). The van der Waals surface area contributed by atoms with Gasteiger partial charge < -0.3 is 79.5 Å². The fourth-order valence-electron chi connectivity index (χ4n) is 15.2. The molecule has 11 N–H and O–H groups in total. The first-order chi connectivity index (χ1) is 32.4. The van der Waals surface area contributed by atoms with Crippen molar-refractivity contribution < 1.29 is 101 Å². The van der Waals surface area contributed by atoms with Crippen LogP contribution in [0, 0.1) is 50.2 Å². The van der Waals surface area contributed by atoms with Crippen molar-refractivity contribution in [3.8, 4) is 0 Å². The van der Waals surface area contributed by atoms with Gasteiger partial charge in [-0.25, -0.2) is 4.18 Å². The van der Waals surface area contributed by atoms with E-state index in [0.29, 0.717) is 32.1 Å². The minimum absolute atomic E-state index is 0.0601. The molecule has 0 amide bonds. The Morgan fingerprint density at radius 1 is 0.714 bits per heavy atom. The van der Waals surface area contributed by atoms with Crippen molar-refractivity contribution >= 4 is 16.4 Å². The first-order valence-electron chi connectivity index (χ1n) is 24.9. The molecule has 3 saturated heterocycles. The van der Waals surface area contributed by atoms with Crippen LogP contribution in [0.1, 0.15) is 113 Å². The fraction of sp³-hybridized carbons (Fsp3) is 0.938. The van der Waals surface area contributed by atoms with Crippen LogP contribution in [0.25, 0.3) is 0 Å². The van der Waals surface area contributed by atoms with E-state index in [1.165, 1.54) is 6.92 Å². The highest BCUT2D eigenvalue weighted by atomic mass is 32.3. The Labute approximate surface area is 409 Å². The van der Waals surface area contributed by atoms with E-state index >= 15 is 4.79 Å². The number of ether oxygens (including phenoxy) is 6. The summed E-state index contributed by atoms with van der Waals surface area (Å²) in [6.45, 7) is 15.0. The van der Waals surface area contributed by atoms with Gasteiger partial charge >= 0.3 is 16.4 Å². The van der Waals surface area contributed by atoms with Gasteiger partial charge in [-0.3, -0.25) is 9.35 Å². The topological polar surface area (TPSA) is 338 Å². The molecule has 0 aromatic rings. The Morgan fingerprint density at radius 3 is 2.00 bits per heavy atom. The third-order valence-corrected chi connectivity index (χ3v) is 20.0. The first kappa shape index (κ1) is 54.7. The Hall–Kier alpha value is -1.52. The average molecular weight is 1020 g/mol. The maximum absolute atomic E-state index is 15.0. The number of aliphatic hydroxyl groups is 10. The zero-order chi connectivity index (χ0) is 51.6.